The summed E-state index contributed by atoms with van der Waals surface area (Å²) in [6, 6.07) is 3.97. The van der Waals surface area contributed by atoms with Crippen LogP contribution in [0.1, 0.15) is 13.3 Å². The first kappa shape index (κ1) is 15.0. The van der Waals surface area contributed by atoms with Crippen molar-refractivity contribution in [1.29, 1.82) is 0 Å². The average molecular weight is 321 g/mol. The number of aromatic nitrogens is 2. The lowest BCUT2D eigenvalue weighted by atomic mass is 10.2. The molecule has 1 aromatic carbocycles. The molecular weight excluding hydrogens is 302 g/mol. The molecule has 1 aliphatic rings. The summed E-state index contributed by atoms with van der Waals surface area (Å²) in [5.41, 5.74) is 3.23. The van der Waals surface area contributed by atoms with Gasteiger partial charge in [0.25, 0.3) is 0 Å². The molecular formula is C14H19N5O2S. The molecule has 0 atom stereocenters. The van der Waals surface area contributed by atoms with Crippen LogP contribution in [0.3, 0.4) is 0 Å². The van der Waals surface area contributed by atoms with Gasteiger partial charge in [-0.1, -0.05) is 6.92 Å². The summed E-state index contributed by atoms with van der Waals surface area (Å²) in [4.78, 5) is 2.23. The highest BCUT2D eigenvalue weighted by molar-refractivity contribution is 7.80. The largest absolute Gasteiger partial charge is 0.378 e. The van der Waals surface area contributed by atoms with Gasteiger partial charge in [0.05, 0.1) is 24.6 Å². The van der Waals surface area contributed by atoms with Crippen LogP contribution in [0, 0.1) is 0 Å². The fourth-order valence-electron chi connectivity index (χ4n) is 2.42. The molecule has 2 aromatic rings. The topological polar surface area (TPSA) is 75.5 Å². The van der Waals surface area contributed by atoms with Gasteiger partial charge in [0.2, 0.25) is 0 Å². The van der Waals surface area contributed by atoms with Gasteiger partial charge in [-0.05, 0) is 41.1 Å². The van der Waals surface area contributed by atoms with E-state index in [1.54, 1.807) is 0 Å². The van der Waals surface area contributed by atoms with Crippen LogP contribution in [0.4, 0.5) is 11.4 Å². The van der Waals surface area contributed by atoms with E-state index in [9.17, 15) is 0 Å². The molecule has 8 heteroatoms. The van der Waals surface area contributed by atoms with Crippen molar-refractivity contribution in [2.24, 2.45) is 0 Å². The van der Waals surface area contributed by atoms with Crippen LogP contribution in [0.25, 0.3) is 11.0 Å². The Balaban J connectivity index is 1.84. The number of thiocarbonyl (C=S) groups is 1. The summed E-state index contributed by atoms with van der Waals surface area (Å²) in [6.45, 7) is 6.04. The van der Waals surface area contributed by atoms with E-state index in [1.807, 2.05) is 12.1 Å². The van der Waals surface area contributed by atoms with Gasteiger partial charge in [-0.3, -0.25) is 0 Å². The second-order valence-corrected chi connectivity index (χ2v) is 5.48. The lowest BCUT2D eigenvalue weighted by Crippen LogP contribution is -2.36. The number of rotatable bonds is 4. The van der Waals surface area contributed by atoms with E-state index in [0.29, 0.717) is 10.6 Å². The fourth-order valence-corrected chi connectivity index (χ4v) is 2.63. The average Bonchev–Trinajstić information content (AvgIpc) is 3.04. The molecule has 2 heterocycles. The van der Waals surface area contributed by atoms with Gasteiger partial charge in [0.1, 0.15) is 0 Å². The summed E-state index contributed by atoms with van der Waals surface area (Å²) < 4.78 is 10.3. The molecule has 1 aromatic heterocycles. The second-order valence-electron chi connectivity index (χ2n) is 5.07. The number of nitrogens with one attached hydrogen (secondary N) is 2. The third-order valence-corrected chi connectivity index (χ3v) is 3.78. The van der Waals surface area contributed by atoms with E-state index in [4.69, 9.17) is 21.6 Å². The number of morpholine rings is 1. The Morgan fingerprint density at radius 1 is 1.27 bits per heavy atom. The van der Waals surface area contributed by atoms with Crippen LogP contribution in [-0.2, 0) is 4.74 Å². The second kappa shape index (κ2) is 6.89. The van der Waals surface area contributed by atoms with Gasteiger partial charge < -0.3 is 20.3 Å². The van der Waals surface area contributed by atoms with Crippen LogP contribution in [0.15, 0.2) is 16.8 Å². The number of hydrogen-bond donors (Lipinski definition) is 2. The molecule has 22 heavy (non-hydrogen) atoms. The molecule has 0 bridgehead atoms. The van der Waals surface area contributed by atoms with Crippen molar-refractivity contribution in [3.05, 3.63) is 12.1 Å². The first-order valence-electron chi connectivity index (χ1n) is 7.42. The van der Waals surface area contributed by atoms with E-state index in [1.165, 1.54) is 0 Å². The van der Waals surface area contributed by atoms with Crippen molar-refractivity contribution in [2.75, 3.05) is 43.1 Å². The van der Waals surface area contributed by atoms with Gasteiger partial charge in [-0.25, -0.2) is 4.63 Å². The van der Waals surface area contributed by atoms with Crippen molar-refractivity contribution in [1.82, 2.24) is 15.6 Å². The van der Waals surface area contributed by atoms with Crippen molar-refractivity contribution < 1.29 is 9.37 Å². The van der Waals surface area contributed by atoms with E-state index < -0.39 is 0 Å². The molecule has 0 unspecified atom stereocenters. The Labute approximate surface area is 133 Å². The zero-order chi connectivity index (χ0) is 15.4. The molecule has 1 aliphatic heterocycles. The third kappa shape index (κ3) is 3.12. The van der Waals surface area contributed by atoms with Crippen LogP contribution in [0.2, 0.25) is 0 Å². The number of ether oxygens (including phenoxy) is 1. The fraction of sp³-hybridized carbons (Fsp3) is 0.500. The maximum absolute atomic E-state index is 5.39. The molecule has 0 amide bonds. The Kier molecular flexibility index (Phi) is 4.69. The zero-order valence-corrected chi connectivity index (χ0v) is 13.3. The molecule has 2 N–H and O–H groups in total. The molecule has 3 rings (SSSR count). The Morgan fingerprint density at radius 3 is 2.82 bits per heavy atom. The number of hydrogen-bond acceptors (Lipinski definition) is 6. The summed E-state index contributed by atoms with van der Waals surface area (Å²) in [7, 11) is 0. The standard InChI is InChI=1S/C14H19N5O2S/c1-2-5-15-14(22)16-10-3-4-11(13-12(10)17-21-18-13)19-6-8-20-9-7-19/h3-4H,2,5-9H2,1H3,(H2,15,16,22). The maximum Gasteiger partial charge on any atom is 0.170 e. The number of nitrogens with zero attached hydrogens (tertiary/aromatic N) is 3. The molecule has 0 aliphatic carbocycles. The van der Waals surface area contributed by atoms with Crippen LogP contribution < -0.4 is 15.5 Å². The highest BCUT2D eigenvalue weighted by atomic mass is 32.1. The van der Waals surface area contributed by atoms with Gasteiger partial charge in [-0.2, -0.15) is 0 Å². The molecule has 0 saturated carbocycles. The summed E-state index contributed by atoms with van der Waals surface area (Å²) in [5, 5.41) is 14.9. The molecule has 7 nitrogen and oxygen atoms in total. The first-order chi connectivity index (χ1) is 10.8. The molecule has 1 saturated heterocycles. The maximum atomic E-state index is 5.39. The van der Waals surface area contributed by atoms with Crippen LogP contribution in [-0.4, -0.2) is 48.3 Å². The van der Waals surface area contributed by atoms with Crippen LogP contribution in [0.5, 0.6) is 0 Å². The highest BCUT2D eigenvalue weighted by Gasteiger charge is 2.19. The Hall–Kier alpha value is -1.93. The van der Waals surface area contributed by atoms with Crippen molar-refractivity contribution in [3.8, 4) is 0 Å². The quantitative estimate of drug-likeness (QED) is 0.825. The minimum absolute atomic E-state index is 0.574. The van der Waals surface area contributed by atoms with Gasteiger partial charge in [0, 0.05) is 19.6 Å². The third-order valence-electron chi connectivity index (χ3n) is 3.53. The highest BCUT2D eigenvalue weighted by Crippen LogP contribution is 2.30. The molecule has 118 valence electrons. The lowest BCUT2D eigenvalue weighted by Gasteiger charge is -2.28. The van der Waals surface area contributed by atoms with E-state index in [2.05, 4.69) is 32.8 Å². The van der Waals surface area contributed by atoms with Crippen molar-refractivity contribution in [3.63, 3.8) is 0 Å². The minimum Gasteiger partial charge on any atom is -0.378 e. The van der Waals surface area contributed by atoms with E-state index in [-0.39, 0.29) is 0 Å². The van der Waals surface area contributed by atoms with Crippen molar-refractivity contribution in [2.45, 2.75) is 13.3 Å². The van der Waals surface area contributed by atoms with E-state index >= 15 is 0 Å². The van der Waals surface area contributed by atoms with Crippen molar-refractivity contribution >= 4 is 39.7 Å². The van der Waals surface area contributed by atoms with Gasteiger partial charge in [0.15, 0.2) is 16.1 Å². The number of anilines is 2. The SMILES string of the molecule is CCCNC(=S)Nc1ccc(N2CCOCC2)c2nonc12. The predicted molar refractivity (Wildman–Crippen MR) is 89.4 cm³/mol. The Morgan fingerprint density at radius 2 is 2.05 bits per heavy atom. The predicted octanol–water partition coefficient (Wildman–Crippen LogP) is 1.76. The lowest BCUT2D eigenvalue weighted by molar-refractivity contribution is 0.123. The summed E-state index contributed by atoms with van der Waals surface area (Å²) >= 11 is 5.27. The van der Waals surface area contributed by atoms with E-state index in [0.717, 1.165) is 56.2 Å². The minimum atomic E-state index is 0.574. The van der Waals surface area contributed by atoms with Gasteiger partial charge >= 0.3 is 0 Å². The molecule has 0 radical (unpaired) electrons. The van der Waals surface area contributed by atoms with Crippen LogP contribution >= 0.6 is 12.2 Å². The molecule has 0 spiro atoms. The summed E-state index contributed by atoms with van der Waals surface area (Å²) in [6.07, 6.45) is 1.01. The monoisotopic (exact) mass is 321 g/mol. The molecule has 1 fully saturated rings. The summed E-state index contributed by atoms with van der Waals surface area (Å²) in [5.74, 6) is 0. The smallest absolute Gasteiger partial charge is 0.170 e. The first-order valence-corrected chi connectivity index (χ1v) is 7.83. The number of benzene rings is 1. The van der Waals surface area contributed by atoms with Gasteiger partial charge in [-0.15, -0.1) is 0 Å². The normalized spacial score (nSPS) is 15.0. The Bertz CT molecular complexity index is 654. The zero-order valence-electron chi connectivity index (χ0n) is 12.5. The number of fused-ring (bicyclic) bond motifs is 1.